The molecule has 1 heterocycles. The standard InChI is InChI=1S/C18H26O3/c1-2-17(19)14-5-7-15(8-6-14)21-16-9-12-20-18(13-16)10-3-4-11-18/h5-8,16-17,19H,2-4,9-13H2,1H3/t16?,17-/m0/s1. The monoisotopic (exact) mass is 290 g/mol. The fourth-order valence-electron chi connectivity index (χ4n) is 3.65. The molecular weight excluding hydrogens is 264 g/mol. The summed E-state index contributed by atoms with van der Waals surface area (Å²) in [7, 11) is 0. The summed E-state index contributed by atoms with van der Waals surface area (Å²) >= 11 is 0. The number of aliphatic hydroxyl groups excluding tert-OH is 1. The van der Waals surface area contributed by atoms with Gasteiger partial charge < -0.3 is 14.6 Å². The van der Waals surface area contributed by atoms with Gasteiger partial charge in [-0.3, -0.25) is 0 Å². The molecule has 0 bridgehead atoms. The molecule has 1 saturated heterocycles. The van der Waals surface area contributed by atoms with Gasteiger partial charge in [-0.05, 0) is 37.0 Å². The van der Waals surface area contributed by atoms with Gasteiger partial charge in [0.1, 0.15) is 11.9 Å². The molecule has 1 unspecified atom stereocenters. The highest BCUT2D eigenvalue weighted by Crippen LogP contribution is 2.40. The molecule has 3 nitrogen and oxygen atoms in total. The molecule has 1 aromatic rings. The Labute approximate surface area is 127 Å². The Kier molecular flexibility index (Phi) is 4.51. The first-order chi connectivity index (χ1) is 10.2. The summed E-state index contributed by atoms with van der Waals surface area (Å²) in [6.45, 7) is 2.80. The summed E-state index contributed by atoms with van der Waals surface area (Å²) < 4.78 is 12.2. The van der Waals surface area contributed by atoms with E-state index in [4.69, 9.17) is 9.47 Å². The van der Waals surface area contributed by atoms with E-state index in [1.54, 1.807) is 0 Å². The van der Waals surface area contributed by atoms with Crippen molar-refractivity contribution in [3.63, 3.8) is 0 Å². The normalized spacial score (nSPS) is 25.9. The van der Waals surface area contributed by atoms with E-state index < -0.39 is 0 Å². The minimum Gasteiger partial charge on any atom is -0.490 e. The molecule has 0 radical (unpaired) electrons. The predicted molar refractivity (Wildman–Crippen MR) is 82.5 cm³/mol. The minimum atomic E-state index is -0.371. The van der Waals surface area contributed by atoms with Crippen LogP contribution in [-0.2, 0) is 4.74 Å². The van der Waals surface area contributed by atoms with E-state index in [1.165, 1.54) is 25.7 Å². The smallest absolute Gasteiger partial charge is 0.119 e. The van der Waals surface area contributed by atoms with Crippen molar-refractivity contribution in [3.05, 3.63) is 29.8 Å². The van der Waals surface area contributed by atoms with Crippen LogP contribution in [0, 0.1) is 0 Å². The van der Waals surface area contributed by atoms with Gasteiger partial charge in [0.15, 0.2) is 0 Å². The predicted octanol–water partition coefficient (Wildman–Crippen LogP) is 4.00. The van der Waals surface area contributed by atoms with Crippen LogP contribution >= 0.6 is 0 Å². The van der Waals surface area contributed by atoms with Crippen LogP contribution in [0.15, 0.2) is 24.3 Å². The highest BCUT2D eigenvalue weighted by Gasteiger charge is 2.40. The van der Waals surface area contributed by atoms with Crippen molar-refractivity contribution in [3.8, 4) is 5.75 Å². The molecule has 116 valence electrons. The minimum absolute atomic E-state index is 0.0985. The Morgan fingerprint density at radius 1 is 1.29 bits per heavy atom. The van der Waals surface area contributed by atoms with Crippen molar-refractivity contribution in [1.82, 2.24) is 0 Å². The van der Waals surface area contributed by atoms with Crippen molar-refractivity contribution in [2.45, 2.75) is 69.7 Å². The second-order valence-corrected chi connectivity index (χ2v) is 6.46. The molecule has 0 amide bonds. The highest BCUT2D eigenvalue weighted by molar-refractivity contribution is 5.28. The molecular formula is C18H26O3. The quantitative estimate of drug-likeness (QED) is 0.911. The Bertz CT molecular complexity index is 448. The van der Waals surface area contributed by atoms with Gasteiger partial charge in [-0.15, -0.1) is 0 Å². The molecule has 3 heteroatoms. The summed E-state index contributed by atoms with van der Waals surface area (Å²) in [6.07, 6.45) is 7.58. The van der Waals surface area contributed by atoms with Gasteiger partial charge in [0.2, 0.25) is 0 Å². The summed E-state index contributed by atoms with van der Waals surface area (Å²) in [5.74, 6) is 0.905. The zero-order valence-electron chi connectivity index (χ0n) is 12.9. The molecule has 1 N–H and O–H groups in total. The van der Waals surface area contributed by atoms with Crippen LogP contribution in [0.3, 0.4) is 0 Å². The van der Waals surface area contributed by atoms with E-state index in [9.17, 15) is 5.11 Å². The number of hydrogen-bond acceptors (Lipinski definition) is 3. The third-order valence-electron chi connectivity index (χ3n) is 4.92. The van der Waals surface area contributed by atoms with Crippen molar-refractivity contribution >= 4 is 0 Å². The van der Waals surface area contributed by atoms with E-state index in [2.05, 4.69) is 0 Å². The van der Waals surface area contributed by atoms with Crippen LogP contribution in [0.25, 0.3) is 0 Å². The molecule has 1 aromatic carbocycles. The number of hydrogen-bond donors (Lipinski definition) is 1. The third-order valence-corrected chi connectivity index (χ3v) is 4.92. The first-order valence-electron chi connectivity index (χ1n) is 8.29. The number of aliphatic hydroxyl groups is 1. The van der Waals surface area contributed by atoms with Gasteiger partial charge in [0.25, 0.3) is 0 Å². The number of rotatable bonds is 4. The largest absolute Gasteiger partial charge is 0.490 e. The highest BCUT2D eigenvalue weighted by atomic mass is 16.5. The van der Waals surface area contributed by atoms with Crippen molar-refractivity contribution in [2.75, 3.05) is 6.61 Å². The molecule has 21 heavy (non-hydrogen) atoms. The lowest BCUT2D eigenvalue weighted by Gasteiger charge is -2.38. The SMILES string of the molecule is CC[C@H](O)c1ccc(OC2CCOC3(CCCC3)C2)cc1. The molecule has 1 aliphatic carbocycles. The van der Waals surface area contributed by atoms with E-state index in [0.29, 0.717) is 0 Å². The van der Waals surface area contributed by atoms with Gasteiger partial charge in [-0.2, -0.15) is 0 Å². The average molecular weight is 290 g/mol. The molecule has 0 aromatic heterocycles. The second kappa shape index (κ2) is 6.37. The van der Waals surface area contributed by atoms with E-state index in [1.807, 2.05) is 31.2 Å². The van der Waals surface area contributed by atoms with Crippen molar-refractivity contribution in [1.29, 1.82) is 0 Å². The van der Waals surface area contributed by atoms with Gasteiger partial charge in [-0.1, -0.05) is 31.9 Å². The summed E-state index contributed by atoms with van der Waals surface area (Å²) in [5.41, 5.74) is 1.06. The van der Waals surface area contributed by atoms with Gasteiger partial charge in [-0.25, -0.2) is 0 Å². The maximum Gasteiger partial charge on any atom is 0.119 e. The average Bonchev–Trinajstić information content (AvgIpc) is 2.95. The van der Waals surface area contributed by atoms with Gasteiger partial charge in [0.05, 0.1) is 18.3 Å². The summed E-state index contributed by atoms with van der Waals surface area (Å²) in [4.78, 5) is 0. The zero-order chi connectivity index (χ0) is 14.7. The fraction of sp³-hybridized carbons (Fsp3) is 0.667. The maximum absolute atomic E-state index is 9.82. The van der Waals surface area contributed by atoms with Gasteiger partial charge >= 0.3 is 0 Å². The van der Waals surface area contributed by atoms with Crippen LogP contribution in [0.4, 0.5) is 0 Å². The molecule has 2 fully saturated rings. The summed E-state index contributed by atoms with van der Waals surface area (Å²) in [5, 5.41) is 9.82. The van der Waals surface area contributed by atoms with E-state index in [0.717, 1.165) is 37.2 Å². The van der Waals surface area contributed by atoms with Gasteiger partial charge in [0, 0.05) is 12.8 Å². The van der Waals surface area contributed by atoms with E-state index >= 15 is 0 Å². The Morgan fingerprint density at radius 3 is 2.67 bits per heavy atom. The topological polar surface area (TPSA) is 38.7 Å². The van der Waals surface area contributed by atoms with E-state index in [-0.39, 0.29) is 17.8 Å². The molecule has 1 spiro atoms. The molecule has 2 aliphatic rings. The third kappa shape index (κ3) is 3.41. The first-order valence-corrected chi connectivity index (χ1v) is 8.29. The molecule has 1 saturated carbocycles. The first kappa shape index (κ1) is 14.9. The lowest BCUT2D eigenvalue weighted by molar-refractivity contribution is -0.108. The Hall–Kier alpha value is -1.06. The van der Waals surface area contributed by atoms with Crippen LogP contribution in [-0.4, -0.2) is 23.4 Å². The Morgan fingerprint density at radius 2 is 2.00 bits per heavy atom. The Balaban J connectivity index is 1.60. The lowest BCUT2D eigenvalue weighted by Crippen LogP contribution is -2.41. The number of ether oxygens (including phenoxy) is 2. The number of benzene rings is 1. The molecule has 2 atom stereocenters. The molecule has 3 rings (SSSR count). The van der Waals surface area contributed by atoms with Crippen molar-refractivity contribution in [2.24, 2.45) is 0 Å². The lowest BCUT2D eigenvalue weighted by atomic mass is 9.90. The van der Waals surface area contributed by atoms with Crippen molar-refractivity contribution < 1.29 is 14.6 Å². The van der Waals surface area contributed by atoms with Crippen LogP contribution in [0.1, 0.15) is 63.5 Å². The fourth-order valence-corrected chi connectivity index (χ4v) is 3.65. The van der Waals surface area contributed by atoms with Crippen LogP contribution in [0.2, 0.25) is 0 Å². The second-order valence-electron chi connectivity index (χ2n) is 6.46. The van der Waals surface area contributed by atoms with Crippen LogP contribution in [0.5, 0.6) is 5.75 Å². The van der Waals surface area contributed by atoms with Crippen LogP contribution < -0.4 is 4.74 Å². The maximum atomic E-state index is 9.82. The zero-order valence-corrected chi connectivity index (χ0v) is 12.9. The summed E-state index contributed by atoms with van der Waals surface area (Å²) in [6, 6.07) is 7.89. The molecule has 1 aliphatic heterocycles.